The minimum absolute atomic E-state index is 0.133. The number of anilines is 1. The molecule has 0 amide bonds. The highest BCUT2D eigenvalue weighted by Gasteiger charge is 2.41. The van der Waals surface area contributed by atoms with E-state index in [1.54, 1.807) is 24.3 Å². The van der Waals surface area contributed by atoms with Crippen LogP contribution in [0.3, 0.4) is 0 Å². The summed E-state index contributed by atoms with van der Waals surface area (Å²) in [7, 11) is 0. The standard InChI is InChI=1S/C25H32N6O2/c26-21(20-6-1-2-7-23(20)32)11-22(25(27)28)31-14-16-12-30(13-17(16)15-31)18-8-9-29-24(10-18)33-19-4-3-5-19/h1-2,6-11,16-17,19,32H,3-5,12-15,26-28H2/b21-11-. The number of aromatic nitrogens is 1. The summed E-state index contributed by atoms with van der Waals surface area (Å²) in [6.45, 7) is 3.64. The van der Waals surface area contributed by atoms with Crippen molar-refractivity contribution in [1.29, 1.82) is 0 Å². The van der Waals surface area contributed by atoms with Crippen molar-refractivity contribution in [3.05, 3.63) is 65.8 Å². The third-order valence-corrected chi connectivity index (χ3v) is 7.05. The van der Waals surface area contributed by atoms with Crippen LogP contribution in [-0.2, 0) is 0 Å². The topological polar surface area (TPSA) is 127 Å². The maximum absolute atomic E-state index is 10.1. The lowest BCUT2D eigenvalue weighted by atomic mass is 9.96. The number of nitrogens with zero attached hydrogens (tertiary/aromatic N) is 3. The van der Waals surface area contributed by atoms with Crippen LogP contribution >= 0.6 is 0 Å². The van der Waals surface area contributed by atoms with Crippen LogP contribution in [0, 0.1) is 11.8 Å². The summed E-state index contributed by atoms with van der Waals surface area (Å²) < 4.78 is 5.99. The van der Waals surface area contributed by atoms with E-state index in [1.165, 1.54) is 6.42 Å². The molecule has 2 unspecified atom stereocenters. The summed E-state index contributed by atoms with van der Waals surface area (Å²) in [6, 6.07) is 11.1. The number of aromatic hydroxyl groups is 1. The molecule has 33 heavy (non-hydrogen) atoms. The van der Waals surface area contributed by atoms with E-state index in [2.05, 4.69) is 26.9 Å². The predicted octanol–water partition coefficient (Wildman–Crippen LogP) is 2.17. The van der Waals surface area contributed by atoms with Crippen LogP contribution in [0.15, 0.2) is 60.2 Å². The van der Waals surface area contributed by atoms with Gasteiger partial charge in [0.05, 0.1) is 5.70 Å². The number of rotatable bonds is 6. The number of hydrogen-bond acceptors (Lipinski definition) is 8. The Morgan fingerprint density at radius 1 is 1.03 bits per heavy atom. The lowest BCUT2D eigenvalue weighted by Gasteiger charge is -2.27. The molecule has 2 aliphatic heterocycles. The van der Waals surface area contributed by atoms with Crippen LogP contribution < -0.4 is 26.8 Å². The Labute approximate surface area is 194 Å². The van der Waals surface area contributed by atoms with Gasteiger partial charge >= 0.3 is 0 Å². The van der Waals surface area contributed by atoms with E-state index in [9.17, 15) is 5.11 Å². The maximum Gasteiger partial charge on any atom is 0.215 e. The molecule has 1 saturated carbocycles. The molecule has 1 aliphatic carbocycles. The normalized spacial score (nSPS) is 22.7. The average molecular weight is 449 g/mol. The van der Waals surface area contributed by atoms with Gasteiger partial charge in [0.15, 0.2) is 0 Å². The number of para-hydroxylation sites is 1. The molecule has 1 aromatic carbocycles. The zero-order valence-electron chi connectivity index (χ0n) is 18.7. The minimum Gasteiger partial charge on any atom is -0.507 e. The molecule has 174 valence electrons. The summed E-state index contributed by atoms with van der Waals surface area (Å²) in [5, 5.41) is 10.1. The van der Waals surface area contributed by atoms with Crippen LogP contribution in [0.1, 0.15) is 24.8 Å². The summed E-state index contributed by atoms with van der Waals surface area (Å²) in [5.41, 5.74) is 21.3. The third-order valence-electron chi connectivity index (χ3n) is 7.05. The van der Waals surface area contributed by atoms with Crippen molar-refractivity contribution in [2.75, 3.05) is 31.1 Å². The first-order chi connectivity index (χ1) is 16.0. The molecule has 0 spiro atoms. The van der Waals surface area contributed by atoms with Crippen LogP contribution in [0.2, 0.25) is 0 Å². The number of benzene rings is 1. The van der Waals surface area contributed by atoms with E-state index in [0.717, 1.165) is 56.3 Å². The van der Waals surface area contributed by atoms with Crippen molar-refractivity contribution < 1.29 is 9.84 Å². The molecule has 3 heterocycles. The van der Waals surface area contributed by atoms with E-state index >= 15 is 0 Å². The quantitative estimate of drug-likeness (QED) is 0.495. The van der Waals surface area contributed by atoms with Crippen molar-refractivity contribution in [1.82, 2.24) is 9.88 Å². The number of pyridine rings is 1. The fraction of sp³-hybridized carbons (Fsp3) is 0.400. The summed E-state index contributed by atoms with van der Waals surface area (Å²) >= 11 is 0. The summed E-state index contributed by atoms with van der Waals surface area (Å²) in [4.78, 5) is 9.03. The van der Waals surface area contributed by atoms with Gasteiger partial charge in [-0.1, -0.05) is 12.1 Å². The summed E-state index contributed by atoms with van der Waals surface area (Å²) in [5.74, 6) is 2.10. The molecule has 8 heteroatoms. The number of fused-ring (bicyclic) bond motifs is 1. The van der Waals surface area contributed by atoms with Gasteiger partial charge in [0.2, 0.25) is 5.88 Å². The second-order valence-electron chi connectivity index (χ2n) is 9.31. The molecule has 0 radical (unpaired) electrons. The molecule has 1 aromatic heterocycles. The number of phenols is 1. The Morgan fingerprint density at radius 3 is 2.39 bits per heavy atom. The minimum atomic E-state index is 0.133. The van der Waals surface area contributed by atoms with Gasteiger partial charge in [-0.3, -0.25) is 0 Å². The molecule has 7 N–H and O–H groups in total. The highest BCUT2D eigenvalue weighted by Crippen LogP contribution is 2.37. The first-order valence-corrected chi connectivity index (χ1v) is 11.6. The number of likely N-dealkylation sites (tertiary alicyclic amines) is 1. The monoisotopic (exact) mass is 448 g/mol. The maximum atomic E-state index is 10.1. The number of ether oxygens (including phenoxy) is 1. The second kappa shape index (κ2) is 8.77. The van der Waals surface area contributed by atoms with Gasteiger partial charge in [0.1, 0.15) is 17.7 Å². The fourth-order valence-corrected chi connectivity index (χ4v) is 5.02. The summed E-state index contributed by atoms with van der Waals surface area (Å²) in [6.07, 6.45) is 7.43. The van der Waals surface area contributed by atoms with Gasteiger partial charge in [-0.15, -0.1) is 0 Å². The van der Waals surface area contributed by atoms with Gasteiger partial charge in [0.25, 0.3) is 0 Å². The molecule has 3 fully saturated rings. The predicted molar refractivity (Wildman–Crippen MR) is 129 cm³/mol. The van der Waals surface area contributed by atoms with Crippen LogP contribution in [-0.4, -0.2) is 47.3 Å². The van der Waals surface area contributed by atoms with E-state index in [0.29, 0.717) is 29.2 Å². The molecule has 3 aliphatic rings. The number of phenolic OH excluding ortho intramolecular Hbond substituents is 1. The van der Waals surface area contributed by atoms with Gasteiger partial charge in [-0.2, -0.15) is 0 Å². The lowest BCUT2D eigenvalue weighted by Crippen LogP contribution is -2.31. The molecular formula is C25H32N6O2. The Balaban J connectivity index is 1.26. The zero-order chi connectivity index (χ0) is 22.9. The second-order valence-corrected chi connectivity index (χ2v) is 9.31. The Bertz CT molecular complexity index is 1060. The van der Waals surface area contributed by atoms with Crippen LogP contribution in [0.4, 0.5) is 5.69 Å². The first kappa shape index (κ1) is 21.3. The van der Waals surface area contributed by atoms with Gasteiger partial charge in [-0.25, -0.2) is 4.98 Å². The van der Waals surface area contributed by atoms with E-state index < -0.39 is 0 Å². The van der Waals surface area contributed by atoms with Gasteiger partial charge < -0.3 is 36.8 Å². The molecule has 2 saturated heterocycles. The number of hydrogen-bond donors (Lipinski definition) is 4. The lowest BCUT2D eigenvalue weighted by molar-refractivity contribution is 0.114. The van der Waals surface area contributed by atoms with E-state index in [4.69, 9.17) is 21.9 Å². The fourth-order valence-electron chi connectivity index (χ4n) is 5.02. The average Bonchev–Trinajstić information content (AvgIpc) is 3.34. The van der Waals surface area contributed by atoms with Gasteiger partial charge in [-0.05, 0) is 43.5 Å². The van der Waals surface area contributed by atoms with Crippen molar-refractivity contribution in [2.45, 2.75) is 25.4 Å². The molecule has 2 aromatic rings. The van der Waals surface area contributed by atoms with Crippen LogP contribution in [0.5, 0.6) is 11.6 Å². The highest BCUT2D eigenvalue weighted by molar-refractivity contribution is 5.70. The number of nitrogens with two attached hydrogens (primary N) is 3. The molecule has 8 nitrogen and oxygen atoms in total. The first-order valence-electron chi connectivity index (χ1n) is 11.6. The Hall–Kier alpha value is -3.55. The largest absolute Gasteiger partial charge is 0.507 e. The molecular weight excluding hydrogens is 416 g/mol. The van der Waals surface area contributed by atoms with Crippen molar-refractivity contribution >= 4 is 11.4 Å². The van der Waals surface area contributed by atoms with Crippen molar-refractivity contribution in [3.63, 3.8) is 0 Å². The molecule has 2 atom stereocenters. The van der Waals surface area contributed by atoms with Crippen molar-refractivity contribution in [2.24, 2.45) is 29.0 Å². The molecule has 0 bridgehead atoms. The highest BCUT2D eigenvalue weighted by atomic mass is 16.5. The Kier molecular flexibility index (Phi) is 5.66. The smallest absolute Gasteiger partial charge is 0.215 e. The van der Waals surface area contributed by atoms with Crippen molar-refractivity contribution in [3.8, 4) is 11.6 Å². The van der Waals surface area contributed by atoms with E-state index in [1.807, 2.05) is 12.3 Å². The van der Waals surface area contributed by atoms with Gasteiger partial charge in [0, 0.05) is 67.2 Å². The molecule has 5 rings (SSSR count). The SMILES string of the molecule is NC(N)=C(/C=C(\N)c1ccccc1O)N1CC2CN(c3ccnc(OC4CCC4)c3)CC2C1. The Morgan fingerprint density at radius 2 is 1.76 bits per heavy atom. The third kappa shape index (κ3) is 4.37. The van der Waals surface area contributed by atoms with E-state index in [-0.39, 0.29) is 11.6 Å². The van der Waals surface area contributed by atoms with Crippen LogP contribution in [0.25, 0.3) is 5.70 Å². The number of allylic oxidation sites excluding steroid dienone is 1. The zero-order valence-corrected chi connectivity index (χ0v) is 18.7.